The lowest BCUT2D eigenvalue weighted by atomic mass is 9.80. The Bertz CT molecular complexity index is 895. The second kappa shape index (κ2) is 7.49. The summed E-state index contributed by atoms with van der Waals surface area (Å²) in [5.74, 6) is 0.876. The number of H-pyrrole nitrogens is 1. The van der Waals surface area contributed by atoms with Crippen LogP contribution in [0.1, 0.15) is 69.2 Å². The summed E-state index contributed by atoms with van der Waals surface area (Å²) < 4.78 is 0. The molecule has 2 heterocycles. The number of carbonyl (C=O) groups is 1. The summed E-state index contributed by atoms with van der Waals surface area (Å²) in [7, 11) is 0. The van der Waals surface area contributed by atoms with Crippen LogP contribution in [0.3, 0.4) is 0 Å². The Morgan fingerprint density at radius 2 is 1.89 bits per heavy atom. The molecule has 1 aromatic carbocycles. The van der Waals surface area contributed by atoms with Crippen molar-refractivity contribution in [1.82, 2.24) is 9.88 Å². The predicted octanol–water partition coefficient (Wildman–Crippen LogP) is 4.72. The standard InChI is InChI=1S/C23H30N2O2/c1-15-10-11-19-18(13-15)22(26)14-20(24-19)21-9-6-12-25(21)23(27)16(2)17-7-4-3-5-8-17/h10-11,13-14,16-17,21H,3-9,12H2,1-2H3,(H,24,26)/t16-,21-/m0/s1. The molecule has 1 saturated carbocycles. The van der Waals surface area contributed by atoms with Gasteiger partial charge >= 0.3 is 0 Å². The smallest absolute Gasteiger partial charge is 0.226 e. The summed E-state index contributed by atoms with van der Waals surface area (Å²) in [4.78, 5) is 31.4. The predicted molar refractivity (Wildman–Crippen MR) is 109 cm³/mol. The van der Waals surface area contributed by atoms with Crippen molar-refractivity contribution in [2.75, 3.05) is 6.54 Å². The SMILES string of the molecule is Cc1ccc2[nH]c([C@@H]3CCCN3C(=O)[C@@H](C)C3CCCCC3)cc(=O)c2c1. The summed E-state index contributed by atoms with van der Waals surface area (Å²) in [5, 5.41) is 0.727. The molecule has 4 nitrogen and oxygen atoms in total. The van der Waals surface area contributed by atoms with E-state index >= 15 is 0 Å². The average molecular weight is 367 g/mol. The van der Waals surface area contributed by atoms with Crippen molar-refractivity contribution in [3.63, 3.8) is 0 Å². The fourth-order valence-corrected chi connectivity index (χ4v) is 5.01. The number of aryl methyl sites for hydroxylation is 1. The first kappa shape index (κ1) is 18.3. The minimum absolute atomic E-state index is 0.00180. The van der Waals surface area contributed by atoms with Gasteiger partial charge in [0.1, 0.15) is 0 Å². The van der Waals surface area contributed by atoms with Gasteiger partial charge in [0.25, 0.3) is 0 Å². The third kappa shape index (κ3) is 3.54. The van der Waals surface area contributed by atoms with Crippen LogP contribution in [0.2, 0.25) is 0 Å². The molecule has 0 radical (unpaired) electrons. The zero-order valence-corrected chi connectivity index (χ0v) is 16.5. The summed E-state index contributed by atoms with van der Waals surface area (Å²) in [6.07, 6.45) is 8.10. The summed E-state index contributed by atoms with van der Waals surface area (Å²) in [6, 6.07) is 7.64. The van der Waals surface area contributed by atoms with Crippen LogP contribution >= 0.6 is 0 Å². The van der Waals surface area contributed by atoms with Gasteiger partial charge in [-0.15, -0.1) is 0 Å². The van der Waals surface area contributed by atoms with Crippen LogP contribution in [0.25, 0.3) is 10.9 Å². The van der Waals surface area contributed by atoms with Crippen LogP contribution in [-0.4, -0.2) is 22.3 Å². The molecule has 4 rings (SSSR count). The molecular weight excluding hydrogens is 336 g/mol. The third-order valence-electron chi connectivity index (χ3n) is 6.65. The molecular formula is C23H30N2O2. The molecule has 2 aromatic rings. The highest BCUT2D eigenvalue weighted by Gasteiger charge is 2.36. The molecule has 144 valence electrons. The van der Waals surface area contributed by atoms with Gasteiger partial charge in [0.05, 0.1) is 6.04 Å². The highest BCUT2D eigenvalue weighted by atomic mass is 16.2. The maximum Gasteiger partial charge on any atom is 0.226 e. The number of amides is 1. The van der Waals surface area contributed by atoms with Crippen molar-refractivity contribution in [3.05, 3.63) is 45.7 Å². The number of aromatic amines is 1. The van der Waals surface area contributed by atoms with Crippen molar-refractivity contribution >= 4 is 16.8 Å². The quantitative estimate of drug-likeness (QED) is 0.855. The van der Waals surface area contributed by atoms with Gasteiger partial charge < -0.3 is 9.88 Å². The number of nitrogens with zero attached hydrogens (tertiary/aromatic N) is 1. The van der Waals surface area contributed by atoms with Crippen molar-refractivity contribution < 1.29 is 4.79 Å². The van der Waals surface area contributed by atoms with Crippen LogP contribution in [0.5, 0.6) is 0 Å². The zero-order valence-electron chi connectivity index (χ0n) is 16.5. The Labute approximate surface area is 161 Å². The monoisotopic (exact) mass is 366 g/mol. The number of nitrogens with one attached hydrogen (secondary N) is 1. The van der Waals surface area contributed by atoms with E-state index in [1.807, 2.05) is 30.0 Å². The highest BCUT2D eigenvalue weighted by Crippen LogP contribution is 2.36. The zero-order chi connectivity index (χ0) is 19.0. The largest absolute Gasteiger partial charge is 0.356 e. The number of pyridine rings is 1. The number of hydrogen-bond donors (Lipinski definition) is 1. The van der Waals surface area contributed by atoms with Crippen molar-refractivity contribution in [2.45, 2.75) is 64.8 Å². The number of aromatic nitrogens is 1. The van der Waals surface area contributed by atoms with Crippen LogP contribution in [0.15, 0.2) is 29.1 Å². The fourth-order valence-electron chi connectivity index (χ4n) is 5.01. The van der Waals surface area contributed by atoms with Gasteiger partial charge in [-0.05, 0) is 50.7 Å². The van der Waals surface area contributed by atoms with Gasteiger partial charge in [0.15, 0.2) is 5.43 Å². The molecule has 1 saturated heterocycles. The van der Waals surface area contributed by atoms with Gasteiger partial charge in [0, 0.05) is 35.1 Å². The average Bonchev–Trinajstić information content (AvgIpc) is 3.18. The van der Waals surface area contributed by atoms with Crippen LogP contribution in [0, 0.1) is 18.8 Å². The molecule has 1 aliphatic carbocycles. The highest BCUT2D eigenvalue weighted by molar-refractivity contribution is 5.81. The number of carbonyl (C=O) groups excluding carboxylic acids is 1. The first-order valence-corrected chi connectivity index (χ1v) is 10.5. The van der Waals surface area contributed by atoms with E-state index in [-0.39, 0.29) is 23.3 Å². The number of benzene rings is 1. The minimum Gasteiger partial charge on any atom is -0.356 e. The van der Waals surface area contributed by atoms with Crippen LogP contribution in [0.4, 0.5) is 0 Å². The summed E-state index contributed by atoms with van der Waals surface area (Å²) in [6.45, 7) is 4.91. The minimum atomic E-state index is 0.00180. The molecule has 1 aromatic heterocycles. The number of hydrogen-bond acceptors (Lipinski definition) is 2. The Hall–Kier alpha value is -2.10. The molecule has 0 bridgehead atoms. The van der Waals surface area contributed by atoms with E-state index in [0.29, 0.717) is 5.92 Å². The topological polar surface area (TPSA) is 53.2 Å². The lowest BCUT2D eigenvalue weighted by molar-refractivity contribution is -0.138. The van der Waals surface area contributed by atoms with E-state index in [1.54, 1.807) is 6.07 Å². The van der Waals surface area contributed by atoms with E-state index in [4.69, 9.17) is 0 Å². The Morgan fingerprint density at radius 3 is 2.67 bits per heavy atom. The lowest BCUT2D eigenvalue weighted by Gasteiger charge is -2.32. The second-order valence-electron chi connectivity index (χ2n) is 8.51. The maximum atomic E-state index is 13.3. The Morgan fingerprint density at radius 1 is 1.11 bits per heavy atom. The molecule has 2 fully saturated rings. The third-order valence-corrected chi connectivity index (χ3v) is 6.65. The van der Waals surface area contributed by atoms with Gasteiger partial charge in [-0.1, -0.05) is 37.8 Å². The van der Waals surface area contributed by atoms with E-state index in [1.165, 1.54) is 32.1 Å². The summed E-state index contributed by atoms with van der Waals surface area (Å²) >= 11 is 0. The van der Waals surface area contributed by atoms with Crippen molar-refractivity contribution in [2.24, 2.45) is 11.8 Å². The van der Waals surface area contributed by atoms with E-state index in [0.717, 1.165) is 41.5 Å². The van der Waals surface area contributed by atoms with Gasteiger partial charge in [-0.25, -0.2) is 0 Å². The van der Waals surface area contributed by atoms with E-state index in [2.05, 4.69) is 11.9 Å². The second-order valence-corrected chi connectivity index (χ2v) is 8.51. The van der Waals surface area contributed by atoms with Gasteiger partial charge in [0.2, 0.25) is 5.91 Å². The number of rotatable bonds is 3. The summed E-state index contributed by atoms with van der Waals surface area (Å²) in [5.41, 5.74) is 2.88. The molecule has 0 spiro atoms. The van der Waals surface area contributed by atoms with E-state index < -0.39 is 0 Å². The van der Waals surface area contributed by atoms with Crippen molar-refractivity contribution in [3.8, 4) is 0 Å². The maximum absolute atomic E-state index is 13.3. The molecule has 1 amide bonds. The molecule has 4 heteroatoms. The number of likely N-dealkylation sites (tertiary alicyclic amines) is 1. The molecule has 2 aliphatic rings. The molecule has 27 heavy (non-hydrogen) atoms. The first-order valence-electron chi connectivity index (χ1n) is 10.5. The Balaban J connectivity index is 1.61. The van der Waals surface area contributed by atoms with Crippen molar-refractivity contribution in [1.29, 1.82) is 0 Å². The van der Waals surface area contributed by atoms with Crippen LogP contribution in [-0.2, 0) is 4.79 Å². The molecule has 1 aliphatic heterocycles. The normalized spacial score (nSPS) is 22.3. The molecule has 2 atom stereocenters. The number of fused-ring (bicyclic) bond motifs is 1. The van der Waals surface area contributed by atoms with Gasteiger partial charge in [-0.2, -0.15) is 0 Å². The van der Waals surface area contributed by atoms with E-state index in [9.17, 15) is 9.59 Å². The van der Waals surface area contributed by atoms with Gasteiger partial charge in [-0.3, -0.25) is 9.59 Å². The first-order chi connectivity index (χ1) is 13.0. The van der Waals surface area contributed by atoms with Crippen LogP contribution < -0.4 is 5.43 Å². The fraction of sp³-hybridized carbons (Fsp3) is 0.565. The Kier molecular flexibility index (Phi) is 5.07. The molecule has 0 unspecified atom stereocenters. The lowest BCUT2D eigenvalue weighted by Crippen LogP contribution is -2.38. The molecule has 1 N–H and O–H groups in total.